The number of hydrogen-bond donors (Lipinski definition) is 1. The smallest absolute Gasteiger partial charge is 0.248 e. The summed E-state index contributed by atoms with van der Waals surface area (Å²) in [6, 6.07) is 0.974. The number of hydroxylamine groups is 2. The summed E-state index contributed by atoms with van der Waals surface area (Å²) >= 11 is 0. The number of amides is 1. The third kappa shape index (κ3) is 2.73. The number of carbonyl (C=O) groups excluding carboxylic acids is 2. The maximum atomic E-state index is 11.9. The second-order valence-electron chi connectivity index (χ2n) is 6.33. The van der Waals surface area contributed by atoms with Crippen molar-refractivity contribution >= 4 is 20.0 Å². The lowest BCUT2D eigenvalue weighted by Gasteiger charge is -2.54. The van der Waals surface area contributed by atoms with Gasteiger partial charge in [-0.2, -0.15) is 0 Å². The van der Waals surface area contributed by atoms with Crippen LogP contribution in [-0.2, 0) is 14.1 Å². The molecular weight excluding hydrogens is 274 g/mol. The molecule has 2 unspecified atom stereocenters. The number of aliphatic hydroxyl groups is 1. The number of β-lactam (4-membered cyclic amide) rings is 1. The molecule has 6 heteroatoms. The van der Waals surface area contributed by atoms with E-state index in [1.807, 2.05) is 0 Å². The number of hydrogen-bond acceptors (Lipinski definition) is 4. The van der Waals surface area contributed by atoms with Gasteiger partial charge in [-0.3, -0.25) is 9.59 Å². The Morgan fingerprint density at radius 2 is 2.20 bits per heavy atom. The van der Waals surface area contributed by atoms with Crippen LogP contribution in [0.5, 0.6) is 0 Å². The highest BCUT2D eigenvalue weighted by atomic mass is 28.4. The standard InChI is InChI=1S/C14H23NO4Si/c1-4-5-8-20(2,3)19-15-13(18)10-14(15)7-6-11(16)9-12(14)17/h6-7,12,17H,4-5,8-10H2,1-3H3. The first-order chi connectivity index (χ1) is 9.31. The van der Waals surface area contributed by atoms with Gasteiger partial charge in [-0.05, 0) is 31.3 Å². The number of unbranched alkanes of at least 4 members (excludes halogenated alkanes) is 1. The first-order valence-electron chi connectivity index (χ1n) is 7.23. The second-order valence-corrected chi connectivity index (χ2v) is 10.5. The molecule has 2 rings (SSSR count). The Morgan fingerprint density at radius 1 is 1.50 bits per heavy atom. The molecule has 1 amide bonds. The Hall–Kier alpha value is -0.983. The van der Waals surface area contributed by atoms with Gasteiger partial charge >= 0.3 is 0 Å². The lowest BCUT2D eigenvalue weighted by atomic mass is 9.75. The summed E-state index contributed by atoms with van der Waals surface area (Å²) in [5, 5.41) is 11.5. The van der Waals surface area contributed by atoms with Gasteiger partial charge in [0.2, 0.25) is 14.2 Å². The largest absolute Gasteiger partial charge is 0.390 e. The third-order valence-electron chi connectivity index (χ3n) is 4.04. The summed E-state index contributed by atoms with van der Waals surface area (Å²) in [7, 11) is -1.98. The predicted molar refractivity (Wildman–Crippen MR) is 77.2 cm³/mol. The zero-order valence-electron chi connectivity index (χ0n) is 12.4. The maximum Gasteiger partial charge on any atom is 0.248 e. The van der Waals surface area contributed by atoms with Crippen molar-refractivity contribution < 1.29 is 19.2 Å². The number of carbonyl (C=O) groups is 2. The van der Waals surface area contributed by atoms with E-state index in [9.17, 15) is 14.7 Å². The molecule has 2 aliphatic rings. The molecule has 0 aromatic carbocycles. The summed E-state index contributed by atoms with van der Waals surface area (Å²) in [4.78, 5) is 23.2. The predicted octanol–water partition coefficient (Wildman–Crippen LogP) is 1.78. The van der Waals surface area contributed by atoms with Gasteiger partial charge in [0.05, 0.1) is 12.5 Å². The van der Waals surface area contributed by atoms with Gasteiger partial charge < -0.3 is 9.63 Å². The Kier molecular flexibility index (Phi) is 4.18. The molecule has 0 aromatic heterocycles. The normalized spacial score (nSPS) is 30.0. The van der Waals surface area contributed by atoms with Gasteiger partial charge in [-0.1, -0.05) is 19.8 Å². The topological polar surface area (TPSA) is 66.8 Å². The molecule has 5 nitrogen and oxygen atoms in total. The molecule has 0 saturated carbocycles. The Bertz CT molecular complexity index is 448. The van der Waals surface area contributed by atoms with E-state index in [1.165, 1.54) is 11.1 Å². The number of nitrogens with zero attached hydrogens (tertiary/aromatic N) is 1. The van der Waals surface area contributed by atoms with E-state index in [4.69, 9.17) is 4.53 Å². The summed E-state index contributed by atoms with van der Waals surface area (Å²) in [6.07, 6.45) is 4.66. The molecule has 1 fully saturated rings. The van der Waals surface area contributed by atoms with Gasteiger partial charge in [0.15, 0.2) is 5.78 Å². The van der Waals surface area contributed by atoms with Crippen LogP contribution in [0.1, 0.15) is 32.6 Å². The molecule has 1 N–H and O–H groups in total. The number of aliphatic hydroxyl groups excluding tert-OH is 1. The van der Waals surface area contributed by atoms with E-state index in [0.29, 0.717) is 0 Å². The van der Waals surface area contributed by atoms with Crippen LogP contribution >= 0.6 is 0 Å². The van der Waals surface area contributed by atoms with Crippen molar-refractivity contribution in [2.24, 2.45) is 0 Å². The van der Waals surface area contributed by atoms with Crippen LogP contribution in [0.2, 0.25) is 19.1 Å². The number of ketones is 1. The minimum atomic E-state index is -1.98. The van der Waals surface area contributed by atoms with Crippen molar-refractivity contribution in [3.63, 3.8) is 0 Å². The quantitative estimate of drug-likeness (QED) is 0.620. The molecule has 112 valence electrons. The van der Waals surface area contributed by atoms with Crippen molar-refractivity contribution in [3.05, 3.63) is 12.2 Å². The minimum Gasteiger partial charge on any atom is -0.390 e. The molecule has 1 heterocycles. The third-order valence-corrected chi connectivity index (χ3v) is 6.27. The summed E-state index contributed by atoms with van der Waals surface area (Å²) in [5.74, 6) is -0.218. The molecule has 0 radical (unpaired) electrons. The van der Waals surface area contributed by atoms with Crippen LogP contribution in [0.4, 0.5) is 0 Å². The highest BCUT2D eigenvalue weighted by molar-refractivity contribution is 6.71. The molecular formula is C14H23NO4Si. The zero-order valence-corrected chi connectivity index (χ0v) is 13.4. The van der Waals surface area contributed by atoms with Gasteiger partial charge in [-0.25, -0.2) is 5.06 Å². The highest BCUT2D eigenvalue weighted by Gasteiger charge is 2.58. The average Bonchev–Trinajstić information content (AvgIpc) is 2.37. The molecule has 0 bridgehead atoms. The summed E-state index contributed by atoms with van der Waals surface area (Å²) in [5.41, 5.74) is -0.818. The van der Waals surface area contributed by atoms with Crippen LogP contribution in [0.3, 0.4) is 0 Å². The van der Waals surface area contributed by atoms with E-state index in [0.717, 1.165) is 18.9 Å². The molecule has 1 spiro atoms. The van der Waals surface area contributed by atoms with Crippen molar-refractivity contribution in [3.8, 4) is 0 Å². The van der Waals surface area contributed by atoms with Crippen molar-refractivity contribution in [2.75, 3.05) is 0 Å². The molecule has 2 atom stereocenters. The van der Waals surface area contributed by atoms with Gasteiger partial charge in [0, 0.05) is 6.42 Å². The lowest BCUT2D eigenvalue weighted by molar-refractivity contribution is -0.228. The monoisotopic (exact) mass is 297 g/mol. The van der Waals surface area contributed by atoms with Gasteiger partial charge in [0.1, 0.15) is 5.54 Å². The van der Waals surface area contributed by atoms with Crippen LogP contribution in [-0.4, -0.2) is 41.8 Å². The van der Waals surface area contributed by atoms with Crippen LogP contribution in [0.15, 0.2) is 12.2 Å². The van der Waals surface area contributed by atoms with Crippen LogP contribution in [0, 0.1) is 0 Å². The fourth-order valence-corrected chi connectivity index (χ4v) is 4.78. The molecule has 1 aliphatic carbocycles. The summed E-state index contributed by atoms with van der Waals surface area (Å²) < 4.78 is 5.99. The van der Waals surface area contributed by atoms with Crippen LogP contribution in [0.25, 0.3) is 0 Å². The maximum absolute atomic E-state index is 11.9. The first-order valence-corrected chi connectivity index (χ1v) is 10.3. The minimum absolute atomic E-state index is 0.0561. The van der Waals surface area contributed by atoms with E-state index < -0.39 is 20.0 Å². The molecule has 1 saturated heterocycles. The van der Waals surface area contributed by atoms with E-state index in [2.05, 4.69) is 20.0 Å². The Labute approximate surface area is 120 Å². The fraction of sp³-hybridized carbons (Fsp3) is 0.714. The van der Waals surface area contributed by atoms with E-state index in [-0.39, 0.29) is 24.5 Å². The van der Waals surface area contributed by atoms with E-state index in [1.54, 1.807) is 6.08 Å². The van der Waals surface area contributed by atoms with E-state index >= 15 is 0 Å². The Morgan fingerprint density at radius 3 is 2.75 bits per heavy atom. The Balaban J connectivity index is 2.12. The average molecular weight is 297 g/mol. The SMILES string of the molecule is CCCC[Si](C)(C)ON1C(=O)CC12C=CC(=O)CC2O. The van der Waals surface area contributed by atoms with Crippen molar-refractivity contribution in [2.45, 2.75) is 63.4 Å². The fourth-order valence-electron chi connectivity index (χ4n) is 2.72. The molecule has 0 aromatic rings. The first kappa shape index (κ1) is 15.4. The van der Waals surface area contributed by atoms with Gasteiger partial charge in [0.25, 0.3) is 0 Å². The number of allylic oxidation sites excluding steroid dienone is 1. The zero-order chi connectivity index (χ0) is 15.0. The van der Waals surface area contributed by atoms with Gasteiger partial charge in [-0.15, -0.1) is 0 Å². The number of rotatable bonds is 5. The van der Waals surface area contributed by atoms with Crippen LogP contribution < -0.4 is 0 Å². The summed E-state index contributed by atoms with van der Waals surface area (Å²) in [6.45, 7) is 6.28. The highest BCUT2D eigenvalue weighted by Crippen LogP contribution is 2.41. The second kappa shape index (κ2) is 5.42. The van der Waals surface area contributed by atoms with Crippen molar-refractivity contribution in [1.29, 1.82) is 0 Å². The molecule has 20 heavy (non-hydrogen) atoms. The molecule has 1 aliphatic heterocycles. The van der Waals surface area contributed by atoms with Crippen molar-refractivity contribution in [1.82, 2.24) is 5.06 Å². The lowest BCUT2D eigenvalue weighted by Crippen LogP contribution is -2.70.